The van der Waals surface area contributed by atoms with Crippen LogP contribution in [0.2, 0.25) is 0 Å². The first-order chi connectivity index (χ1) is 6.38. The molecule has 4 nitrogen and oxygen atoms in total. The lowest BCUT2D eigenvalue weighted by molar-refractivity contribution is -0.129. The molecule has 0 aromatic carbocycles. The molecule has 1 saturated heterocycles. The van der Waals surface area contributed by atoms with Crippen molar-refractivity contribution in [2.45, 2.75) is 12.6 Å². The number of carbonyl (C=O) groups excluding carboxylic acids is 1. The van der Waals surface area contributed by atoms with Crippen LogP contribution in [0.3, 0.4) is 0 Å². The minimum absolute atomic E-state index is 0.116. The van der Waals surface area contributed by atoms with Gasteiger partial charge in [0, 0.05) is 13.6 Å². The number of rotatable bonds is 1. The van der Waals surface area contributed by atoms with Gasteiger partial charge >= 0.3 is 6.18 Å². The zero-order valence-corrected chi connectivity index (χ0v) is 7.51. The number of halogens is 3. The number of nitrogens with zero attached hydrogens (tertiary/aromatic N) is 2. The Balaban J connectivity index is 2.89. The van der Waals surface area contributed by atoms with Crippen LogP contribution in [0.15, 0.2) is 5.10 Å². The fraction of sp³-hybridized carbons (Fsp3) is 0.714. The molecule has 14 heavy (non-hydrogen) atoms. The van der Waals surface area contributed by atoms with Crippen LogP contribution in [0.5, 0.6) is 0 Å². The topological polar surface area (TPSA) is 58.7 Å². The lowest BCUT2D eigenvalue weighted by Crippen LogP contribution is -2.36. The van der Waals surface area contributed by atoms with Gasteiger partial charge < -0.3 is 10.7 Å². The molecule has 1 unspecified atom stereocenters. The molecule has 1 amide bonds. The van der Waals surface area contributed by atoms with Crippen molar-refractivity contribution in [1.82, 2.24) is 4.90 Å². The Kier molecular flexibility index (Phi) is 2.68. The van der Waals surface area contributed by atoms with Crippen LogP contribution in [0, 0.1) is 5.92 Å². The van der Waals surface area contributed by atoms with Gasteiger partial charge in [0.15, 0.2) is 5.71 Å². The van der Waals surface area contributed by atoms with Gasteiger partial charge in [0.1, 0.15) is 0 Å². The number of hydrogen-bond donors (Lipinski definition) is 1. The fourth-order valence-electron chi connectivity index (χ4n) is 1.44. The predicted molar refractivity (Wildman–Crippen MR) is 43.4 cm³/mol. The van der Waals surface area contributed by atoms with Gasteiger partial charge in [0.05, 0.1) is 5.92 Å². The molecule has 0 aromatic heterocycles. The largest absolute Gasteiger partial charge is 0.431 e. The molecule has 0 aromatic rings. The van der Waals surface area contributed by atoms with Gasteiger partial charge in [-0.3, -0.25) is 4.79 Å². The van der Waals surface area contributed by atoms with Gasteiger partial charge in [-0.05, 0) is 6.42 Å². The van der Waals surface area contributed by atoms with Gasteiger partial charge in [0.25, 0.3) is 0 Å². The van der Waals surface area contributed by atoms with E-state index in [1.54, 1.807) is 0 Å². The van der Waals surface area contributed by atoms with Crippen molar-refractivity contribution in [2.75, 3.05) is 13.6 Å². The van der Waals surface area contributed by atoms with Crippen LogP contribution in [0.25, 0.3) is 0 Å². The summed E-state index contributed by atoms with van der Waals surface area (Å²) in [5, 5.41) is 2.67. The molecule has 0 aliphatic carbocycles. The van der Waals surface area contributed by atoms with Crippen molar-refractivity contribution in [1.29, 1.82) is 0 Å². The number of amides is 1. The van der Waals surface area contributed by atoms with E-state index < -0.39 is 23.7 Å². The highest BCUT2D eigenvalue weighted by Crippen LogP contribution is 2.28. The Hall–Kier alpha value is -1.27. The Morgan fingerprint density at radius 2 is 2.21 bits per heavy atom. The summed E-state index contributed by atoms with van der Waals surface area (Å²) in [4.78, 5) is 12.5. The Labute approximate surface area is 78.5 Å². The molecule has 0 saturated carbocycles. The van der Waals surface area contributed by atoms with Crippen molar-refractivity contribution < 1.29 is 18.0 Å². The second-order valence-corrected chi connectivity index (χ2v) is 3.11. The number of likely N-dealkylation sites (tertiary alicyclic amines) is 1. The van der Waals surface area contributed by atoms with Gasteiger partial charge in [0.2, 0.25) is 5.91 Å². The molecule has 1 rings (SSSR count). The van der Waals surface area contributed by atoms with Crippen LogP contribution in [-0.4, -0.2) is 36.3 Å². The minimum Gasteiger partial charge on any atom is -0.345 e. The Morgan fingerprint density at radius 1 is 1.64 bits per heavy atom. The summed E-state index contributed by atoms with van der Waals surface area (Å²) in [7, 11) is 1.45. The summed E-state index contributed by atoms with van der Waals surface area (Å²) in [6, 6.07) is 0. The van der Waals surface area contributed by atoms with Crippen molar-refractivity contribution in [2.24, 2.45) is 16.9 Å². The number of hydrazone groups is 1. The minimum atomic E-state index is -4.62. The first-order valence-electron chi connectivity index (χ1n) is 3.98. The highest BCUT2D eigenvalue weighted by molar-refractivity contribution is 6.07. The average Bonchev–Trinajstić information content (AvgIpc) is 2.35. The van der Waals surface area contributed by atoms with Crippen molar-refractivity contribution in [3.05, 3.63) is 0 Å². The lowest BCUT2D eigenvalue weighted by atomic mass is 10.0. The quantitative estimate of drug-likeness (QED) is 0.384. The molecule has 1 aliphatic heterocycles. The molecule has 0 bridgehead atoms. The van der Waals surface area contributed by atoms with Crippen LogP contribution in [-0.2, 0) is 4.79 Å². The maximum absolute atomic E-state index is 12.3. The highest BCUT2D eigenvalue weighted by atomic mass is 19.4. The van der Waals surface area contributed by atoms with E-state index in [1.807, 2.05) is 0 Å². The van der Waals surface area contributed by atoms with E-state index in [4.69, 9.17) is 0 Å². The van der Waals surface area contributed by atoms with Crippen molar-refractivity contribution in [3.63, 3.8) is 0 Å². The van der Waals surface area contributed by atoms with Crippen LogP contribution < -0.4 is 5.84 Å². The van der Waals surface area contributed by atoms with E-state index >= 15 is 0 Å². The number of carbonyl (C=O) groups is 1. The molecule has 0 radical (unpaired) electrons. The third-order valence-electron chi connectivity index (χ3n) is 2.19. The van der Waals surface area contributed by atoms with E-state index in [9.17, 15) is 18.0 Å². The predicted octanol–water partition coefficient (Wildman–Crippen LogP) is 0.342. The number of hydrogen-bond acceptors (Lipinski definition) is 3. The molecule has 1 aliphatic rings. The second kappa shape index (κ2) is 3.47. The van der Waals surface area contributed by atoms with Gasteiger partial charge in [-0.25, -0.2) is 0 Å². The van der Waals surface area contributed by atoms with E-state index in [-0.39, 0.29) is 6.42 Å². The molecule has 2 N–H and O–H groups in total. The summed E-state index contributed by atoms with van der Waals surface area (Å²) < 4.78 is 36.9. The van der Waals surface area contributed by atoms with Crippen LogP contribution >= 0.6 is 0 Å². The van der Waals surface area contributed by atoms with Crippen molar-refractivity contribution >= 4 is 11.6 Å². The summed E-state index contributed by atoms with van der Waals surface area (Å²) in [6.45, 7) is 0.304. The molecule has 1 heterocycles. The van der Waals surface area contributed by atoms with Gasteiger partial charge in [-0.15, -0.1) is 0 Å². The van der Waals surface area contributed by atoms with Crippen LogP contribution in [0.4, 0.5) is 13.2 Å². The molecule has 0 spiro atoms. The Bertz CT molecular complexity index is 274. The summed E-state index contributed by atoms with van der Waals surface area (Å²) in [6.07, 6.45) is -4.51. The summed E-state index contributed by atoms with van der Waals surface area (Å²) in [5.74, 6) is 2.83. The molecule has 1 atom stereocenters. The molecule has 80 valence electrons. The van der Waals surface area contributed by atoms with E-state index in [2.05, 4.69) is 10.9 Å². The Morgan fingerprint density at radius 3 is 2.50 bits per heavy atom. The number of alkyl halides is 3. The van der Waals surface area contributed by atoms with E-state index in [0.29, 0.717) is 6.54 Å². The zero-order valence-electron chi connectivity index (χ0n) is 7.51. The molecular formula is C7H10F3N3O. The second-order valence-electron chi connectivity index (χ2n) is 3.11. The average molecular weight is 209 g/mol. The summed E-state index contributed by atoms with van der Waals surface area (Å²) >= 11 is 0. The molecular weight excluding hydrogens is 199 g/mol. The maximum atomic E-state index is 12.3. The van der Waals surface area contributed by atoms with Crippen molar-refractivity contribution in [3.8, 4) is 0 Å². The molecule has 1 fully saturated rings. The van der Waals surface area contributed by atoms with E-state index in [1.165, 1.54) is 11.9 Å². The molecule has 7 heteroatoms. The third kappa shape index (κ3) is 1.80. The lowest BCUT2D eigenvalue weighted by Gasteiger charge is -2.14. The monoisotopic (exact) mass is 209 g/mol. The number of nitrogens with two attached hydrogens (primary N) is 1. The standard InChI is InChI=1S/C7H10F3N3O/c1-13-3-2-4(6(13)14)5(12-11)7(8,9)10/h4H,2-3,11H2,1H3/b12-5-. The SMILES string of the molecule is CN1CCC(/C(=N/N)C(F)(F)F)C1=O. The normalized spacial score (nSPS) is 24.6. The third-order valence-corrected chi connectivity index (χ3v) is 2.19. The van der Waals surface area contributed by atoms with Crippen LogP contribution in [0.1, 0.15) is 6.42 Å². The van der Waals surface area contributed by atoms with E-state index in [0.717, 1.165) is 0 Å². The zero-order chi connectivity index (χ0) is 10.9. The maximum Gasteiger partial charge on any atom is 0.431 e. The smallest absolute Gasteiger partial charge is 0.345 e. The summed E-state index contributed by atoms with van der Waals surface area (Å²) in [5.41, 5.74) is -1.19. The fourth-order valence-corrected chi connectivity index (χ4v) is 1.44. The van der Waals surface area contributed by atoms with Gasteiger partial charge in [-0.2, -0.15) is 18.3 Å². The first-order valence-corrected chi connectivity index (χ1v) is 3.98. The first kappa shape index (κ1) is 10.8. The van der Waals surface area contributed by atoms with Gasteiger partial charge in [-0.1, -0.05) is 0 Å². The highest BCUT2D eigenvalue weighted by Gasteiger charge is 2.46.